The number of fused-ring (bicyclic) bond motifs is 10. The number of rotatable bonds is 9. The Morgan fingerprint density at radius 3 is 0.812 bits per heavy atom. The highest BCUT2D eigenvalue weighted by Crippen LogP contribution is 2.63. The molecule has 2 aliphatic rings. The van der Waals surface area contributed by atoms with E-state index in [-0.39, 0.29) is 0 Å². The van der Waals surface area contributed by atoms with Crippen molar-refractivity contribution in [3.05, 3.63) is 283 Å². The summed E-state index contributed by atoms with van der Waals surface area (Å²) in [5, 5.41) is 0. The lowest BCUT2D eigenvalue weighted by atomic mass is 9.70. The van der Waals surface area contributed by atoms with Crippen LogP contribution in [0.4, 0.5) is 51.2 Å². The van der Waals surface area contributed by atoms with E-state index in [0.29, 0.717) is 0 Å². The monoisotopic (exact) mass is 817 g/mol. The lowest BCUT2D eigenvalue weighted by Crippen LogP contribution is -2.26. The molecule has 0 aliphatic heterocycles. The maximum absolute atomic E-state index is 2.48. The molecule has 0 saturated heterocycles. The van der Waals surface area contributed by atoms with E-state index in [1.807, 2.05) is 0 Å². The van der Waals surface area contributed by atoms with Gasteiger partial charge in [0.15, 0.2) is 0 Å². The van der Waals surface area contributed by atoms with Crippen molar-refractivity contribution in [2.24, 2.45) is 0 Å². The lowest BCUT2D eigenvalue weighted by molar-refractivity contribution is 0.793. The Morgan fingerprint density at radius 1 is 0.188 bits per heavy atom. The third kappa shape index (κ3) is 5.97. The molecule has 0 N–H and O–H groups in total. The number of hydrogen-bond donors (Lipinski definition) is 0. The van der Waals surface area contributed by atoms with Crippen LogP contribution in [0.2, 0.25) is 0 Å². The van der Waals surface area contributed by atoms with Gasteiger partial charge in [0.1, 0.15) is 0 Å². The van der Waals surface area contributed by atoms with Crippen LogP contribution in [-0.2, 0) is 5.41 Å². The number of nitrogens with zero attached hydrogens (tertiary/aromatic N) is 3. The first-order chi connectivity index (χ1) is 31.8. The predicted molar refractivity (Wildman–Crippen MR) is 267 cm³/mol. The molecule has 3 heteroatoms. The SMILES string of the molecule is c1ccc(N(c2ccccc2)c2cccc(N(c3cccc(N(c4ccccc4)c4ccccc4)c3)c3ccc4c(c3)C3(c5ccccc5-c5ccccc53)c3ccccc3-4)c2)cc1. The van der Waals surface area contributed by atoms with Gasteiger partial charge in [-0.1, -0.05) is 164 Å². The van der Waals surface area contributed by atoms with Crippen molar-refractivity contribution in [1.82, 2.24) is 0 Å². The Balaban J connectivity index is 1.10. The molecule has 0 aromatic heterocycles. The lowest BCUT2D eigenvalue weighted by Gasteiger charge is -2.33. The summed E-state index contributed by atoms with van der Waals surface area (Å²) in [6.07, 6.45) is 0. The van der Waals surface area contributed by atoms with E-state index in [1.54, 1.807) is 0 Å². The Morgan fingerprint density at radius 2 is 0.453 bits per heavy atom. The third-order valence-electron chi connectivity index (χ3n) is 13.0. The Kier molecular flexibility index (Phi) is 9.05. The van der Waals surface area contributed by atoms with Crippen molar-refractivity contribution < 1.29 is 0 Å². The van der Waals surface area contributed by atoms with Crippen LogP contribution < -0.4 is 14.7 Å². The summed E-state index contributed by atoms with van der Waals surface area (Å²) in [4.78, 5) is 7.12. The van der Waals surface area contributed by atoms with E-state index < -0.39 is 5.41 Å². The molecule has 2 aliphatic carbocycles. The van der Waals surface area contributed by atoms with Crippen LogP contribution >= 0.6 is 0 Å². The summed E-state index contributed by atoms with van der Waals surface area (Å²) < 4.78 is 0. The molecule has 0 atom stereocenters. The molecule has 0 amide bonds. The van der Waals surface area contributed by atoms with E-state index in [4.69, 9.17) is 0 Å². The number of hydrogen-bond acceptors (Lipinski definition) is 3. The van der Waals surface area contributed by atoms with Crippen LogP contribution in [0.5, 0.6) is 0 Å². The minimum absolute atomic E-state index is 0.473. The molecular weight excluding hydrogens is 775 g/mol. The Bertz CT molecular complexity index is 3020. The van der Waals surface area contributed by atoms with Crippen LogP contribution in [0.3, 0.4) is 0 Å². The van der Waals surface area contributed by atoms with E-state index in [0.717, 1.165) is 51.2 Å². The molecular formula is C61H43N3. The van der Waals surface area contributed by atoms with Crippen LogP contribution in [-0.4, -0.2) is 0 Å². The quantitative estimate of drug-likeness (QED) is 0.144. The Labute approximate surface area is 375 Å². The fourth-order valence-electron chi connectivity index (χ4n) is 10.4. The normalized spacial score (nSPS) is 12.5. The molecule has 1 spiro atoms. The zero-order valence-electron chi connectivity index (χ0n) is 35.2. The minimum Gasteiger partial charge on any atom is -0.310 e. The number of benzene rings is 10. The van der Waals surface area contributed by atoms with Gasteiger partial charge in [-0.25, -0.2) is 0 Å². The van der Waals surface area contributed by atoms with E-state index in [1.165, 1.54) is 44.5 Å². The van der Waals surface area contributed by atoms with Crippen molar-refractivity contribution in [2.75, 3.05) is 14.7 Å². The van der Waals surface area contributed by atoms with E-state index in [2.05, 4.69) is 276 Å². The van der Waals surface area contributed by atoms with Gasteiger partial charge in [-0.2, -0.15) is 0 Å². The molecule has 302 valence electrons. The van der Waals surface area contributed by atoms with Crippen LogP contribution in [0.1, 0.15) is 22.3 Å². The predicted octanol–water partition coefficient (Wildman–Crippen LogP) is 16.4. The molecule has 10 aromatic carbocycles. The van der Waals surface area contributed by atoms with Crippen molar-refractivity contribution in [1.29, 1.82) is 0 Å². The molecule has 0 unspecified atom stereocenters. The maximum atomic E-state index is 2.48. The second-order valence-corrected chi connectivity index (χ2v) is 16.5. The second kappa shape index (κ2) is 15.5. The molecule has 0 heterocycles. The zero-order chi connectivity index (χ0) is 42.5. The molecule has 10 aromatic rings. The van der Waals surface area contributed by atoms with Gasteiger partial charge in [-0.3, -0.25) is 0 Å². The van der Waals surface area contributed by atoms with Crippen molar-refractivity contribution >= 4 is 51.2 Å². The highest BCUT2D eigenvalue weighted by atomic mass is 15.2. The molecule has 0 saturated carbocycles. The van der Waals surface area contributed by atoms with Gasteiger partial charge in [-0.15, -0.1) is 0 Å². The van der Waals surface area contributed by atoms with Gasteiger partial charge in [0, 0.05) is 51.2 Å². The summed E-state index contributed by atoms with van der Waals surface area (Å²) in [6, 6.07) is 94.8. The summed E-state index contributed by atoms with van der Waals surface area (Å²) >= 11 is 0. The summed E-state index contributed by atoms with van der Waals surface area (Å²) in [5.41, 5.74) is 19.7. The van der Waals surface area contributed by atoms with Crippen LogP contribution in [0.15, 0.2) is 261 Å². The summed E-state index contributed by atoms with van der Waals surface area (Å²) in [5.74, 6) is 0. The maximum Gasteiger partial charge on any atom is 0.0726 e. The first-order valence-corrected chi connectivity index (χ1v) is 22.0. The highest BCUT2D eigenvalue weighted by molar-refractivity contribution is 5.97. The zero-order valence-corrected chi connectivity index (χ0v) is 35.2. The highest BCUT2D eigenvalue weighted by Gasteiger charge is 2.51. The smallest absolute Gasteiger partial charge is 0.0726 e. The van der Waals surface area contributed by atoms with Gasteiger partial charge in [0.25, 0.3) is 0 Å². The van der Waals surface area contributed by atoms with Gasteiger partial charge in [0.05, 0.1) is 5.41 Å². The fraction of sp³-hybridized carbons (Fsp3) is 0.0164. The number of para-hydroxylation sites is 4. The molecule has 64 heavy (non-hydrogen) atoms. The average molecular weight is 818 g/mol. The van der Waals surface area contributed by atoms with Crippen molar-refractivity contribution in [3.8, 4) is 22.3 Å². The van der Waals surface area contributed by atoms with Crippen LogP contribution in [0, 0.1) is 0 Å². The van der Waals surface area contributed by atoms with Crippen molar-refractivity contribution in [3.63, 3.8) is 0 Å². The first kappa shape index (κ1) is 37.4. The first-order valence-electron chi connectivity index (χ1n) is 22.0. The van der Waals surface area contributed by atoms with Crippen molar-refractivity contribution in [2.45, 2.75) is 5.41 Å². The molecule has 3 nitrogen and oxygen atoms in total. The van der Waals surface area contributed by atoms with E-state index in [9.17, 15) is 0 Å². The fourth-order valence-corrected chi connectivity index (χ4v) is 10.4. The number of anilines is 9. The summed E-state index contributed by atoms with van der Waals surface area (Å²) in [7, 11) is 0. The average Bonchev–Trinajstić information content (AvgIpc) is 3.83. The largest absolute Gasteiger partial charge is 0.310 e. The third-order valence-corrected chi connectivity index (χ3v) is 13.0. The van der Waals surface area contributed by atoms with Gasteiger partial charge >= 0.3 is 0 Å². The summed E-state index contributed by atoms with van der Waals surface area (Å²) in [6.45, 7) is 0. The van der Waals surface area contributed by atoms with Crippen LogP contribution in [0.25, 0.3) is 22.3 Å². The molecule has 12 rings (SSSR count). The van der Waals surface area contributed by atoms with E-state index >= 15 is 0 Å². The van der Waals surface area contributed by atoms with Gasteiger partial charge < -0.3 is 14.7 Å². The Hall–Kier alpha value is -8.40. The minimum atomic E-state index is -0.473. The molecule has 0 fully saturated rings. The van der Waals surface area contributed by atoms with Gasteiger partial charge in [0.2, 0.25) is 0 Å². The topological polar surface area (TPSA) is 9.72 Å². The molecule has 0 bridgehead atoms. The second-order valence-electron chi connectivity index (χ2n) is 16.5. The molecule has 0 radical (unpaired) electrons. The standard InChI is InChI=1S/C61H43N3/c1-5-21-44(22-6-1)62(45-23-7-2-8-24-45)48-29-19-31-50(41-48)64(51-32-20-30-49(42-51)63(46-25-9-3-10-26-46)47-27-11-4-12-28-47)52-39-40-56-55-35-15-18-38-59(55)61(60(56)43-52)57-36-16-13-33-53(57)54-34-14-17-37-58(54)61/h1-43H. The van der Waals surface area contributed by atoms with Gasteiger partial charge in [-0.05, 0) is 142 Å².